The van der Waals surface area contributed by atoms with Gasteiger partial charge in [0.1, 0.15) is 5.75 Å². The van der Waals surface area contributed by atoms with Crippen LogP contribution < -0.4 is 10.1 Å². The predicted molar refractivity (Wildman–Crippen MR) is 132 cm³/mol. The molecule has 174 valence electrons. The second kappa shape index (κ2) is 11.8. The zero-order valence-corrected chi connectivity index (χ0v) is 20.6. The van der Waals surface area contributed by atoms with Crippen LogP contribution in [0.4, 0.5) is 4.79 Å². The molecular weight excluding hydrogens is 445 g/mol. The van der Waals surface area contributed by atoms with Crippen molar-refractivity contribution in [2.75, 3.05) is 26.7 Å². The largest absolute Gasteiger partial charge is 0.493 e. The van der Waals surface area contributed by atoms with Gasteiger partial charge >= 0.3 is 6.03 Å². The molecule has 1 N–H and O–H groups in total. The lowest BCUT2D eigenvalue weighted by Crippen LogP contribution is -2.49. The first kappa shape index (κ1) is 24.7. The van der Waals surface area contributed by atoms with Gasteiger partial charge in [-0.05, 0) is 74.3 Å². The van der Waals surface area contributed by atoms with Gasteiger partial charge in [-0.1, -0.05) is 55.2 Å². The summed E-state index contributed by atoms with van der Waals surface area (Å²) in [4.78, 5) is 17.4. The van der Waals surface area contributed by atoms with Gasteiger partial charge in [0.25, 0.3) is 0 Å². The normalized spacial score (nSPS) is 15.1. The summed E-state index contributed by atoms with van der Waals surface area (Å²) in [5.74, 6) is 1.33. The molecule has 1 saturated heterocycles. The summed E-state index contributed by atoms with van der Waals surface area (Å²) in [6.45, 7) is 7.80. The lowest BCUT2D eigenvalue weighted by molar-refractivity contribution is 0.127. The van der Waals surface area contributed by atoms with Crippen molar-refractivity contribution in [1.29, 1.82) is 0 Å². The van der Waals surface area contributed by atoms with Crippen LogP contribution in [0.2, 0.25) is 10.0 Å². The van der Waals surface area contributed by atoms with E-state index in [0.29, 0.717) is 35.7 Å². The number of hydrogen-bond donors (Lipinski definition) is 1. The number of halogens is 2. The molecule has 5 nitrogen and oxygen atoms in total. The molecule has 1 fully saturated rings. The molecule has 0 bridgehead atoms. The molecule has 0 aromatic heterocycles. The molecule has 3 rings (SSSR count). The van der Waals surface area contributed by atoms with Crippen LogP contribution in [0.3, 0.4) is 0 Å². The lowest BCUT2D eigenvalue weighted by Gasteiger charge is -2.37. The van der Waals surface area contributed by atoms with Crippen LogP contribution in [-0.4, -0.2) is 48.6 Å². The minimum Gasteiger partial charge on any atom is -0.493 e. The maximum Gasteiger partial charge on any atom is 0.318 e. The summed E-state index contributed by atoms with van der Waals surface area (Å²) in [7, 11) is 2.12. The monoisotopic (exact) mass is 477 g/mol. The second-order valence-electron chi connectivity index (χ2n) is 8.91. The van der Waals surface area contributed by atoms with Gasteiger partial charge in [0, 0.05) is 29.2 Å². The zero-order valence-electron chi connectivity index (χ0n) is 19.1. The molecule has 0 spiro atoms. The Hall–Kier alpha value is -1.95. The Morgan fingerprint density at radius 2 is 1.84 bits per heavy atom. The van der Waals surface area contributed by atoms with Gasteiger partial charge < -0.3 is 19.9 Å². The minimum atomic E-state index is -0.0781. The third-order valence-electron chi connectivity index (χ3n) is 5.70. The van der Waals surface area contributed by atoms with Crippen LogP contribution in [-0.2, 0) is 13.1 Å². The zero-order chi connectivity index (χ0) is 23.1. The lowest BCUT2D eigenvalue weighted by atomic mass is 10.0. The summed E-state index contributed by atoms with van der Waals surface area (Å²) in [5, 5.41) is 4.27. The number of piperidine rings is 1. The SMILES string of the molecule is CC(C)COc1ccc(CNC(=O)N(Cc2ccc(Cl)cc2Cl)C2CCN(C)CC2)cc1. The highest BCUT2D eigenvalue weighted by Gasteiger charge is 2.27. The Kier molecular flexibility index (Phi) is 9.09. The first-order valence-electron chi connectivity index (χ1n) is 11.2. The minimum absolute atomic E-state index is 0.0781. The van der Waals surface area contributed by atoms with E-state index in [1.165, 1.54) is 0 Å². The highest BCUT2D eigenvalue weighted by molar-refractivity contribution is 6.35. The number of nitrogens with zero attached hydrogens (tertiary/aromatic N) is 2. The van der Waals surface area contributed by atoms with Crippen molar-refractivity contribution in [3.8, 4) is 5.75 Å². The molecule has 2 aromatic carbocycles. The van der Waals surface area contributed by atoms with E-state index in [2.05, 4.69) is 31.1 Å². The van der Waals surface area contributed by atoms with E-state index >= 15 is 0 Å². The number of hydrogen-bond acceptors (Lipinski definition) is 3. The van der Waals surface area contributed by atoms with Gasteiger partial charge in [-0.15, -0.1) is 0 Å². The molecule has 0 radical (unpaired) electrons. The van der Waals surface area contributed by atoms with Crippen LogP contribution >= 0.6 is 23.2 Å². The third kappa shape index (κ3) is 7.29. The number of benzene rings is 2. The smallest absolute Gasteiger partial charge is 0.318 e. The molecular formula is C25H33Cl2N3O2. The maximum atomic E-state index is 13.2. The van der Waals surface area contributed by atoms with E-state index in [1.807, 2.05) is 41.3 Å². The molecule has 0 aliphatic carbocycles. The fraction of sp³-hybridized carbons (Fsp3) is 0.480. The molecule has 1 aliphatic heterocycles. The summed E-state index contributed by atoms with van der Waals surface area (Å²) in [6.07, 6.45) is 1.88. The number of likely N-dealkylation sites (tertiary alicyclic amines) is 1. The maximum absolute atomic E-state index is 13.2. The Morgan fingerprint density at radius 1 is 1.16 bits per heavy atom. The van der Waals surface area contributed by atoms with Crippen LogP contribution in [0.5, 0.6) is 5.75 Å². The third-order valence-corrected chi connectivity index (χ3v) is 6.28. The van der Waals surface area contributed by atoms with Crippen LogP contribution in [0.25, 0.3) is 0 Å². The van der Waals surface area contributed by atoms with Gasteiger partial charge in [-0.2, -0.15) is 0 Å². The van der Waals surface area contributed by atoms with E-state index in [1.54, 1.807) is 6.07 Å². The van der Waals surface area contributed by atoms with Crippen molar-refractivity contribution >= 4 is 29.2 Å². The van der Waals surface area contributed by atoms with Gasteiger partial charge in [-0.3, -0.25) is 0 Å². The van der Waals surface area contributed by atoms with Crippen molar-refractivity contribution in [2.24, 2.45) is 5.92 Å². The van der Waals surface area contributed by atoms with Gasteiger partial charge in [0.05, 0.1) is 6.61 Å². The molecule has 0 unspecified atom stereocenters. The van der Waals surface area contributed by atoms with E-state index in [0.717, 1.165) is 42.8 Å². The van der Waals surface area contributed by atoms with Crippen molar-refractivity contribution in [3.05, 3.63) is 63.6 Å². The molecule has 1 aliphatic rings. The average Bonchev–Trinajstić information content (AvgIpc) is 2.77. The number of carbonyl (C=O) groups excluding carboxylic acids is 1. The number of amides is 2. The average molecular weight is 478 g/mol. The van der Waals surface area contributed by atoms with E-state index in [9.17, 15) is 4.79 Å². The Balaban J connectivity index is 1.65. The van der Waals surface area contributed by atoms with Crippen LogP contribution in [0.1, 0.15) is 37.8 Å². The number of urea groups is 1. The molecule has 2 amide bonds. The number of carbonyl (C=O) groups is 1. The van der Waals surface area contributed by atoms with Gasteiger partial charge in [0.15, 0.2) is 0 Å². The predicted octanol–water partition coefficient (Wildman–Crippen LogP) is 5.83. The molecule has 0 atom stereocenters. The fourth-order valence-corrected chi connectivity index (χ4v) is 4.22. The Labute approximate surface area is 201 Å². The highest BCUT2D eigenvalue weighted by atomic mass is 35.5. The first-order valence-corrected chi connectivity index (χ1v) is 12.0. The first-order chi connectivity index (χ1) is 15.3. The molecule has 2 aromatic rings. The standard InChI is InChI=1S/C25H33Cl2N3O2/c1-18(2)17-32-23-8-4-19(5-9-23)15-28-25(31)30(22-10-12-29(3)13-11-22)16-20-6-7-21(26)14-24(20)27/h4-9,14,18,22H,10-13,15-17H2,1-3H3,(H,28,31). The topological polar surface area (TPSA) is 44.8 Å². The molecule has 1 heterocycles. The summed E-state index contributed by atoms with van der Waals surface area (Å²) >= 11 is 12.5. The second-order valence-corrected chi connectivity index (χ2v) is 9.75. The summed E-state index contributed by atoms with van der Waals surface area (Å²) < 4.78 is 5.74. The van der Waals surface area contributed by atoms with Crippen LogP contribution in [0.15, 0.2) is 42.5 Å². The van der Waals surface area contributed by atoms with Crippen molar-refractivity contribution in [1.82, 2.24) is 15.1 Å². The number of nitrogens with one attached hydrogen (secondary N) is 1. The number of rotatable bonds is 8. The molecule has 32 heavy (non-hydrogen) atoms. The van der Waals surface area contributed by atoms with E-state index < -0.39 is 0 Å². The van der Waals surface area contributed by atoms with Crippen LogP contribution in [0, 0.1) is 5.92 Å². The van der Waals surface area contributed by atoms with E-state index in [-0.39, 0.29) is 12.1 Å². The summed E-state index contributed by atoms with van der Waals surface area (Å²) in [6, 6.07) is 13.4. The van der Waals surface area contributed by atoms with Gasteiger partial charge in [-0.25, -0.2) is 4.79 Å². The summed E-state index contributed by atoms with van der Waals surface area (Å²) in [5.41, 5.74) is 1.93. The Morgan fingerprint density at radius 3 is 2.47 bits per heavy atom. The molecule has 0 saturated carbocycles. The Bertz CT molecular complexity index is 881. The van der Waals surface area contributed by atoms with E-state index in [4.69, 9.17) is 27.9 Å². The van der Waals surface area contributed by atoms with Crippen molar-refractivity contribution in [3.63, 3.8) is 0 Å². The quantitative estimate of drug-likeness (QED) is 0.519. The molecule has 7 heteroatoms. The fourth-order valence-electron chi connectivity index (χ4n) is 3.75. The van der Waals surface area contributed by atoms with Crippen molar-refractivity contribution < 1.29 is 9.53 Å². The number of ether oxygens (including phenoxy) is 1. The van der Waals surface area contributed by atoms with Gasteiger partial charge in [0.2, 0.25) is 0 Å². The highest BCUT2D eigenvalue weighted by Crippen LogP contribution is 2.25. The van der Waals surface area contributed by atoms with Crippen molar-refractivity contribution in [2.45, 2.75) is 45.8 Å².